The van der Waals surface area contributed by atoms with Gasteiger partial charge in [-0.1, -0.05) is 36.7 Å². The molecule has 0 N–H and O–H groups in total. The fraction of sp³-hybridized carbons (Fsp3) is 0.524. The van der Waals surface area contributed by atoms with Crippen LogP contribution in [0.25, 0.3) is 0 Å². The Bertz CT molecular complexity index is 861. The number of hydrogen-bond acceptors (Lipinski definition) is 3. The number of benzene rings is 1. The number of carbonyl (C=O) groups excluding carboxylic acids is 1. The summed E-state index contributed by atoms with van der Waals surface area (Å²) < 4.78 is 27.9. The Balaban J connectivity index is 1.66. The molecule has 4 nitrogen and oxygen atoms in total. The molecule has 1 fully saturated rings. The molecule has 4 rings (SSSR count). The fourth-order valence-electron chi connectivity index (χ4n) is 4.57. The van der Waals surface area contributed by atoms with Gasteiger partial charge in [-0.15, -0.1) is 0 Å². The van der Waals surface area contributed by atoms with Gasteiger partial charge in [0.25, 0.3) is 11.7 Å². The number of fused-ring (bicyclic) bond motifs is 1. The van der Waals surface area contributed by atoms with Crippen molar-refractivity contribution in [2.75, 3.05) is 0 Å². The summed E-state index contributed by atoms with van der Waals surface area (Å²) in [6.07, 6.45) is 7.28. The first-order valence-corrected chi connectivity index (χ1v) is 10.8. The zero-order valence-corrected chi connectivity index (χ0v) is 16.9. The first kappa shape index (κ1) is 19.4. The van der Waals surface area contributed by atoms with E-state index in [9.17, 15) is 13.6 Å². The number of aryl methyl sites for hydroxylation is 1. The Hall–Kier alpha value is -1.89. The van der Waals surface area contributed by atoms with Gasteiger partial charge in [0.1, 0.15) is 0 Å². The molecule has 150 valence electrons. The molecule has 1 saturated carbocycles. The average molecular weight is 406 g/mol. The number of alkyl halides is 2. The van der Waals surface area contributed by atoms with E-state index in [2.05, 4.69) is 5.10 Å². The quantitative estimate of drug-likeness (QED) is 0.648. The monoisotopic (exact) mass is 405 g/mol. The van der Waals surface area contributed by atoms with Crippen LogP contribution in [0.1, 0.15) is 59.4 Å². The minimum atomic E-state index is -2.55. The first-order valence-electron chi connectivity index (χ1n) is 9.93. The predicted octanol–water partition coefficient (Wildman–Crippen LogP) is 4.81. The molecule has 0 bridgehead atoms. The van der Waals surface area contributed by atoms with E-state index in [0.29, 0.717) is 28.8 Å². The van der Waals surface area contributed by atoms with E-state index >= 15 is 0 Å². The highest BCUT2D eigenvalue weighted by molar-refractivity contribution is 7.99. The molecule has 0 spiro atoms. The average Bonchev–Trinajstić information content (AvgIpc) is 3.40. The fourth-order valence-corrected chi connectivity index (χ4v) is 5.20. The molecule has 1 amide bonds. The smallest absolute Gasteiger partial charge is 0.288 e. The molecule has 1 aromatic heterocycles. The number of hydrogen-bond donors (Lipinski definition) is 0. The van der Waals surface area contributed by atoms with Crippen LogP contribution in [-0.2, 0) is 26.4 Å². The van der Waals surface area contributed by atoms with Crippen molar-refractivity contribution in [3.05, 3.63) is 46.8 Å². The Morgan fingerprint density at radius 2 is 2.00 bits per heavy atom. The third-order valence-corrected chi connectivity index (χ3v) is 6.67. The maximum Gasteiger partial charge on any atom is 0.288 e. The van der Waals surface area contributed by atoms with E-state index in [1.54, 1.807) is 24.3 Å². The van der Waals surface area contributed by atoms with Crippen molar-refractivity contribution in [1.82, 2.24) is 14.7 Å². The van der Waals surface area contributed by atoms with Crippen molar-refractivity contribution in [3.63, 3.8) is 0 Å². The lowest BCUT2D eigenvalue weighted by Gasteiger charge is -2.29. The molecule has 2 aromatic rings. The second-order valence-corrected chi connectivity index (χ2v) is 8.63. The van der Waals surface area contributed by atoms with Crippen LogP contribution < -0.4 is 0 Å². The van der Waals surface area contributed by atoms with Crippen molar-refractivity contribution in [3.8, 4) is 0 Å². The van der Waals surface area contributed by atoms with Crippen molar-refractivity contribution >= 4 is 17.7 Å². The molecule has 2 aliphatic rings. The van der Waals surface area contributed by atoms with Crippen molar-refractivity contribution < 1.29 is 13.6 Å². The van der Waals surface area contributed by atoms with E-state index in [4.69, 9.17) is 0 Å². The van der Waals surface area contributed by atoms with Crippen molar-refractivity contribution in [2.45, 2.75) is 68.2 Å². The van der Waals surface area contributed by atoms with Gasteiger partial charge < -0.3 is 4.90 Å². The van der Waals surface area contributed by atoms with E-state index < -0.39 is 5.76 Å². The predicted molar refractivity (Wildman–Crippen MR) is 106 cm³/mol. The van der Waals surface area contributed by atoms with Crippen molar-refractivity contribution in [1.29, 1.82) is 0 Å². The number of thioether (sulfide) groups is 1. The van der Waals surface area contributed by atoms with Gasteiger partial charge in [-0.2, -0.15) is 13.9 Å². The van der Waals surface area contributed by atoms with Crippen LogP contribution in [0.5, 0.6) is 0 Å². The van der Waals surface area contributed by atoms with E-state index in [-0.39, 0.29) is 11.9 Å². The zero-order chi connectivity index (χ0) is 19.7. The van der Waals surface area contributed by atoms with Crippen LogP contribution in [0.15, 0.2) is 29.2 Å². The first-order chi connectivity index (χ1) is 13.5. The summed E-state index contributed by atoms with van der Waals surface area (Å²) in [7, 11) is 1.96. The summed E-state index contributed by atoms with van der Waals surface area (Å²) in [6.45, 7) is 0.459. The van der Waals surface area contributed by atoms with Gasteiger partial charge in [0.05, 0.1) is 17.8 Å². The van der Waals surface area contributed by atoms with Gasteiger partial charge in [0.15, 0.2) is 0 Å². The Kier molecular flexibility index (Phi) is 5.71. The number of nitrogens with zero attached hydrogens (tertiary/aromatic N) is 3. The molecular formula is C21H25F2N3OS. The van der Waals surface area contributed by atoms with E-state index in [0.717, 1.165) is 50.6 Å². The maximum absolute atomic E-state index is 13.5. The molecule has 0 radical (unpaired) electrons. The zero-order valence-electron chi connectivity index (χ0n) is 16.0. The van der Waals surface area contributed by atoms with Crippen LogP contribution >= 0.6 is 11.8 Å². The Labute approximate surface area is 168 Å². The van der Waals surface area contributed by atoms with Gasteiger partial charge >= 0.3 is 0 Å². The number of carbonyl (C=O) groups is 1. The lowest BCUT2D eigenvalue weighted by molar-refractivity contribution is 0.0657. The van der Waals surface area contributed by atoms with Crippen LogP contribution in [0.4, 0.5) is 8.78 Å². The number of aromatic nitrogens is 2. The lowest BCUT2D eigenvalue weighted by Crippen LogP contribution is -2.39. The van der Waals surface area contributed by atoms with Gasteiger partial charge in [0.2, 0.25) is 0 Å². The molecule has 0 unspecified atom stereocenters. The molecular weight excluding hydrogens is 380 g/mol. The molecule has 1 aromatic carbocycles. The molecule has 1 heterocycles. The summed E-state index contributed by atoms with van der Waals surface area (Å²) in [5.74, 6) is -2.71. The highest BCUT2D eigenvalue weighted by atomic mass is 32.2. The third kappa shape index (κ3) is 3.81. The Morgan fingerprint density at radius 3 is 2.75 bits per heavy atom. The van der Waals surface area contributed by atoms with Gasteiger partial charge in [-0.05, 0) is 49.8 Å². The highest BCUT2D eigenvalue weighted by Gasteiger charge is 2.31. The normalized spacial score (nSPS) is 16.7. The molecule has 0 atom stereocenters. The van der Waals surface area contributed by atoms with Crippen LogP contribution in [-0.4, -0.2) is 32.4 Å². The van der Waals surface area contributed by atoms with Gasteiger partial charge in [0, 0.05) is 23.7 Å². The topological polar surface area (TPSA) is 38.1 Å². The van der Waals surface area contributed by atoms with Crippen molar-refractivity contribution in [2.24, 2.45) is 7.05 Å². The largest absolute Gasteiger partial charge is 0.330 e. The molecule has 0 saturated heterocycles. The summed E-state index contributed by atoms with van der Waals surface area (Å²) in [5.41, 5.74) is 3.87. The molecule has 28 heavy (non-hydrogen) atoms. The number of amides is 1. The minimum Gasteiger partial charge on any atom is -0.330 e. The number of halogens is 2. The summed E-state index contributed by atoms with van der Waals surface area (Å²) in [4.78, 5) is 15.7. The third-order valence-electron chi connectivity index (χ3n) is 5.88. The molecule has 2 aliphatic carbocycles. The molecule has 0 aliphatic heterocycles. The summed E-state index contributed by atoms with van der Waals surface area (Å²) in [6, 6.07) is 6.87. The van der Waals surface area contributed by atoms with Crippen LogP contribution in [0.2, 0.25) is 0 Å². The standard InChI is InChI=1S/C21H25F2N3OS/c1-25-18-11-6-10-15(18)17(24-25)13-26(14-7-2-3-8-14)20(27)16-9-4-5-12-19(16)28-21(22)23/h4-5,9,12,14,21H,2-3,6-8,10-11,13H2,1H3. The second kappa shape index (κ2) is 8.23. The number of rotatable bonds is 6. The Morgan fingerprint density at radius 1 is 1.25 bits per heavy atom. The SMILES string of the molecule is Cn1nc(CN(C(=O)c2ccccc2SC(F)F)C2CCCC2)c2c1CCC2. The highest BCUT2D eigenvalue weighted by Crippen LogP contribution is 2.33. The summed E-state index contributed by atoms with van der Waals surface area (Å²) in [5, 5.41) is 4.69. The molecule has 7 heteroatoms. The van der Waals surface area contributed by atoms with E-state index in [1.165, 1.54) is 11.3 Å². The van der Waals surface area contributed by atoms with Crippen LogP contribution in [0.3, 0.4) is 0 Å². The maximum atomic E-state index is 13.5. The lowest BCUT2D eigenvalue weighted by atomic mass is 10.1. The van der Waals surface area contributed by atoms with Gasteiger partial charge in [-0.3, -0.25) is 9.48 Å². The van der Waals surface area contributed by atoms with Crippen LogP contribution in [0, 0.1) is 0 Å². The minimum absolute atomic E-state index is 0.149. The second-order valence-electron chi connectivity index (χ2n) is 7.60. The van der Waals surface area contributed by atoms with Gasteiger partial charge in [-0.25, -0.2) is 0 Å². The summed E-state index contributed by atoms with van der Waals surface area (Å²) >= 11 is 0.443. The van der Waals surface area contributed by atoms with E-state index in [1.807, 2.05) is 16.6 Å².